The summed E-state index contributed by atoms with van der Waals surface area (Å²) in [5, 5.41) is 3.22. The molecule has 25 heavy (non-hydrogen) atoms. The van der Waals surface area contributed by atoms with Crippen molar-refractivity contribution in [2.24, 2.45) is 0 Å². The molecule has 0 spiro atoms. The van der Waals surface area contributed by atoms with Crippen molar-refractivity contribution in [2.45, 2.75) is 44.7 Å². The molecule has 0 atom stereocenters. The molecule has 1 aliphatic carbocycles. The first-order chi connectivity index (χ1) is 12.2. The maximum Gasteiger partial charge on any atom is 0.234 e. The second kappa shape index (κ2) is 9.20. The van der Waals surface area contributed by atoms with E-state index in [0.29, 0.717) is 12.6 Å². The normalized spacial score (nSPS) is 20.4. The topological polar surface area (TPSA) is 44.8 Å². The zero-order valence-corrected chi connectivity index (χ0v) is 15.4. The highest BCUT2D eigenvalue weighted by Gasteiger charge is 2.21. The second-order valence-corrected chi connectivity index (χ2v) is 7.30. The molecule has 0 unspecified atom stereocenters. The van der Waals surface area contributed by atoms with Gasteiger partial charge in [-0.25, -0.2) is 0 Å². The first-order valence-corrected chi connectivity index (χ1v) is 9.60. The SMILES string of the molecule is COc1ccc(CN2CCN(CC(=O)NC3CCCCC3)CC2)cc1. The molecule has 1 heterocycles. The number of carbonyl (C=O) groups is 1. The van der Waals surface area contributed by atoms with Crippen LogP contribution in [0.2, 0.25) is 0 Å². The van der Waals surface area contributed by atoms with Gasteiger partial charge in [-0.05, 0) is 30.5 Å². The van der Waals surface area contributed by atoms with Crippen LogP contribution in [0.1, 0.15) is 37.7 Å². The van der Waals surface area contributed by atoms with Gasteiger partial charge in [0.15, 0.2) is 0 Å². The van der Waals surface area contributed by atoms with Crippen molar-refractivity contribution in [3.05, 3.63) is 29.8 Å². The van der Waals surface area contributed by atoms with Gasteiger partial charge in [-0.2, -0.15) is 0 Å². The number of piperazine rings is 1. The smallest absolute Gasteiger partial charge is 0.234 e. The standard InChI is InChI=1S/C20H31N3O2/c1-25-19-9-7-17(8-10-19)15-22-11-13-23(14-12-22)16-20(24)21-18-5-3-2-4-6-18/h7-10,18H,2-6,11-16H2,1H3,(H,21,24). The Bertz CT molecular complexity index is 532. The summed E-state index contributed by atoms with van der Waals surface area (Å²) < 4.78 is 5.21. The Morgan fingerprint density at radius 3 is 2.32 bits per heavy atom. The van der Waals surface area contributed by atoms with Crippen molar-refractivity contribution >= 4 is 5.91 Å². The Morgan fingerprint density at radius 2 is 1.68 bits per heavy atom. The monoisotopic (exact) mass is 345 g/mol. The van der Waals surface area contributed by atoms with Crippen LogP contribution >= 0.6 is 0 Å². The van der Waals surface area contributed by atoms with Crippen LogP contribution in [-0.4, -0.2) is 61.6 Å². The van der Waals surface area contributed by atoms with Gasteiger partial charge in [-0.3, -0.25) is 14.6 Å². The number of amides is 1. The third-order valence-electron chi connectivity index (χ3n) is 5.37. The Balaban J connectivity index is 1.36. The van der Waals surface area contributed by atoms with Crippen LogP contribution in [0.15, 0.2) is 24.3 Å². The first kappa shape index (κ1) is 18.2. The van der Waals surface area contributed by atoms with E-state index in [1.807, 2.05) is 12.1 Å². The average Bonchev–Trinajstić information content (AvgIpc) is 2.65. The van der Waals surface area contributed by atoms with Crippen LogP contribution in [-0.2, 0) is 11.3 Å². The molecule has 0 radical (unpaired) electrons. The quantitative estimate of drug-likeness (QED) is 0.859. The predicted molar refractivity (Wildman–Crippen MR) is 99.7 cm³/mol. The molecule has 1 amide bonds. The summed E-state index contributed by atoms with van der Waals surface area (Å²) in [5.41, 5.74) is 1.31. The number of rotatable bonds is 6. The molecule has 0 aromatic heterocycles. The highest BCUT2D eigenvalue weighted by atomic mass is 16.5. The number of benzene rings is 1. The van der Waals surface area contributed by atoms with Gasteiger partial charge in [0, 0.05) is 38.8 Å². The summed E-state index contributed by atoms with van der Waals surface area (Å²) in [6.45, 7) is 5.48. The van der Waals surface area contributed by atoms with Gasteiger partial charge in [0.05, 0.1) is 13.7 Å². The van der Waals surface area contributed by atoms with Gasteiger partial charge in [0.1, 0.15) is 5.75 Å². The lowest BCUT2D eigenvalue weighted by molar-refractivity contribution is -0.123. The van der Waals surface area contributed by atoms with Crippen molar-refractivity contribution in [2.75, 3.05) is 39.8 Å². The molecule has 3 rings (SSSR count). The Kier molecular flexibility index (Phi) is 6.70. The number of nitrogens with one attached hydrogen (secondary N) is 1. The average molecular weight is 345 g/mol. The van der Waals surface area contributed by atoms with E-state index in [1.165, 1.54) is 24.8 Å². The van der Waals surface area contributed by atoms with Gasteiger partial charge >= 0.3 is 0 Å². The van der Waals surface area contributed by atoms with Gasteiger partial charge in [0.25, 0.3) is 0 Å². The molecule has 2 fully saturated rings. The Labute approximate surface area is 151 Å². The van der Waals surface area contributed by atoms with Gasteiger partial charge in [0.2, 0.25) is 5.91 Å². The molecule has 2 aliphatic rings. The second-order valence-electron chi connectivity index (χ2n) is 7.30. The molecule has 1 saturated carbocycles. The molecule has 1 aromatic carbocycles. The molecule has 1 aromatic rings. The molecule has 5 nitrogen and oxygen atoms in total. The summed E-state index contributed by atoms with van der Waals surface area (Å²) in [6.07, 6.45) is 6.15. The number of methoxy groups -OCH3 is 1. The number of ether oxygens (including phenoxy) is 1. The largest absolute Gasteiger partial charge is 0.497 e. The van der Waals surface area contributed by atoms with E-state index in [1.54, 1.807) is 7.11 Å². The number of carbonyl (C=O) groups excluding carboxylic acids is 1. The lowest BCUT2D eigenvalue weighted by Gasteiger charge is -2.34. The summed E-state index contributed by atoms with van der Waals surface area (Å²) in [4.78, 5) is 17.0. The fourth-order valence-corrected chi connectivity index (χ4v) is 3.82. The fraction of sp³-hybridized carbons (Fsp3) is 0.650. The number of hydrogen-bond acceptors (Lipinski definition) is 4. The third kappa shape index (κ3) is 5.72. The van der Waals surface area contributed by atoms with Crippen molar-refractivity contribution in [1.82, 2.24) is 15.1 Å². The lowest BCUT2D eigenvalue weighted by atomic mass is 9.95. The predicted octanol–water partition coefficient (Wildman–Crippen LogP) is 2.26. The van der Waals surface area contributed by atoms with Gasteiger partial charge in [-0.1, -0.05) is 31.4 Å². The van der Waals surface area contributed by atoms with Crippen LogP contribution in [0.25, 0.3) is 0 Å². The zero-order valence-electron chi connectivity index (χ0n) is 15.4. The molecule has 1 aliphatic heterocycles. The van der Waals surface area contributed by atoms with Crippen molar-refractivity contribution in [3.8, 4) is 5.75 Å². The van der Waals surface area contributed by atoms with Crippen LogP contribution in [0.3, 0.4) is 0 Å². The van der Waals surface area contributed by atoms with Crippen LogP contribution in [0.4, 0.5) is 0 Å². The summed E-state index contributed by atoms with van der Waals surface area (Å²) in [7, 11) is 1.69. The maximum absolute atomic E-state index is 12.2. The summed E-state index contributed by atoms with van der Waals surface area (Å²) in [6, 6.07) is 8.70. The maximum atomic E-state index is 12.2. The van der Waals surface area contributed by atoms with Crippen LogP contribution in [0.5, 0.6) is 5.75 Å². The lowest BCUT2D eigenvalue weighted by Crippen LogP contribution is -2.50. The zero-order chi connectivity index (χ0) is 17.5. The molecule has 1 N–H and O–H groups in total. The molecule has 0 bridgehead atoms. The molecule has 1 saturated heterocycles. The van der Waals surface area contributed by atoms with E-state index in [2.05, 4.69) is 27.2 Å². The van der Waals surface area contributed by atoms with E-state index >= 15 is 0 Å². The van der Waals surface area contributed by atoms with Crippen molar-refractivity contribution < 1.29 is 9.53 Å². The highest BCUT2D eigenvalue weighted by molar-refractivity contribution is 5.78. The summed E-state index contributed by atoms with van der Waals surface area (Å²) >= 11 is 0. The Morgan fingerprint density at radius 1 is 1.04 bits per heavy atom. The van der Waals surface area contributed by atoms with E-state index in [9.17, 15) is 4.79 Å². The molecule has 5 heteroatoms. The summed E-state index contributed by atoms with van der Waals surface area (Å²) in [5.74, 6) is 1.10. The van der Waals surface area contributed by atoms with Gasteiger partial charge in [-0.15, -0.1) is 0 Å². The Hall–Kier alpha value is -1.59. The van der Waals surface area contributed by atoms with Gasteiger partial charge < -0.3 is 10.1 Å². The number of nitrogens with zero attached hydrogens (tertiary/aromatic N) is 2. The highest BCUT2D eigenvalue weighted by Crippen LogP contribution is 2.17. The minimum atomic E-state index is 0.204. The minimum absolute atomic E-state index is 0.204. The van der Waals surface area contributed by atoms with Crippen LogP contribution < -0.4 is 10.1 Å². The molecular weight excluding hydrogens is 314 g/mol. The van der Waals surface area contributed by atoms with Crippen molar-refractivity contribution in [1.29, 1.82) is 0 Å². The van der Waals surface area contributed by atoms with E-state index in [0.717, 1.165) is 51.3 Å². The van der Waals surface area contributed by atoms with E-state index < -0.39 is 0 Å². The molecular formula is C20H31N3O2. The van der Waals surface area contributed by atoms with E-state index in [4.69, 9.17) is 4.74 Å². The van der Waals surface area contributed by atoms with E-state index in [-0.39, 0.29) is 5.91 Å². The first-order valence-electron chi connectivity index (χ1n) is 9.60. The minimum Gasteiger partial charge on any atom is -0.497 e. The molecule has 138 valence electrons. The van der Waals surface area contributed by atoms with Crippen LogP contribution in [0, 0.1) is 0 Å². The van der Waals surface area contributed by atoms with Crippen molar-refractivity contribution in [3.63, 3.8) is 0 Å². The third-order valence-corrected chi connectivity index (χ3v) is 5.37. The number of hydrogen-bond donors (Lipinski definition) is 1. The fourth-order valence-electron chi connectivity index (χ4n) is 3.82.